The highest BCUT2D eigenvalue weighted by Gasteiger charge is 2.17. The average molecular weight is 289 g/mol. The van der Waals surface area contributed by atoms with Gasteiger partial charge in [-0.2, -0.15) is 4.98 Å². The van der Waals surface area contributed by atoms with Crippen molar-refractivity contribution in [2.24, 2.45) is 0 Å². The van der Waals surface area contributed by atoms with Crippen molar-refractivity contribution in [3.8, 4) is 22.2 Å². The van der Waals surface area contributed by atoms with E-state index in [0.717, 1.165) is 4.88 Å². The Morgan fingerprint density at radius 1 is 1.40 bits per heavy atom. The van der Waals surface area contributed by atoms with Crippen LogP contribution in [-0.4, -0.2) is 20.0 Å². The first-order valence-corrected chi connectivity index (χ1v) is 6.30. The van der Waals surface area contributed by atoms with E-state index in [1.807, 2.05) is 0 Å². The third-order valence-corrected chi connectivity index (χ3v) is 3.33. The van der Waals surface area contributed by atoms with E-state index >= 15 is 0 Å². The molecule has 3 rings (SSSR count). The summed E-state index contributed by atoms with van der Waals surface area (Å²) in [6.45, 7) is 0. The Hall–Kier alpha value is -2.81. The van der Waals surface area contributed by atoms with E-state index in [9.17, 15) is 10.1 Å². The molecule has 20 heavy (non-hydrogen) atoms. The number of nitrogen functional groups attached to an aromatic ring is 1. The Labute approximate surface area is 116 Å². The lowest BCUT2D eigenvalue weighted by Crippen LogP contribution is -1.94. The molecule has 0 aliphatic heterocycles. The van der Waals surface area contributed by atoms with E-state index in [4.69, 9.17) is 10.3 Å². The number of benzene rings is 1. The van der Waals surface area contributed by atoms with Crippen molar-refractivity contribution in [2.75, 3.05) is 5.73 Å². The molecule has 3 aromatic rings. The summed E-state index contributed by atoms with van der Waals surface area (Å²) in [5.74, 6) is 0.503. The zero-order valence-corrected chi connectivity index (χ0v) is 10.7. The minimum absolute atomic E-state index is 0.0910. The highest BCUT2D eigenvalue weighted by atomic mass is 32.1. The molecule has 0 fully saturated rings. The maximum atomic E-state index is 10.8. The van der Waals surface area contributed by atoms with Crippen LogP contribution in [0.1, 0.15) is 0 Å². The molecule has 2 N–H and O–H groups in total. The summed E-state index contributed by atoms with van der Waals surface area (Å²) < 4.78 is 5.11. The van der Waals surface area contributed by atoms with Gasteiger partial charge in [-0.25, -0.2) is 0 Å². The van der Waals surface area contributed by atoms with E-state index in [1.54, 1.807) is 11.7 Å². The van der Waals surface area contributed by atoms with Crippen LogP contribution in [0.3, 0.4) is 0 Å². The molecular weight excluding hydrogens is 282 g/mol. The van der Waals surface area contributed by atoms with Gasteiger partial charge in [0.1, 0.15) is 0 Å². The fourth-order valence-corrected chi connectivity index (χ4v) is 2.15. The summed E-state index contributed by atoms with van der Waals surface area (Å²) in [6, 6.07) is 4.06. The topological polar surface area (TPSA) is 121 Å². The molecule has 0 saturated carbocycles. The number of anilines is 1. The third kappa shape index (κ3) is 2.10. The van der Waals surface area contributed by atoms with Crippen molar-refractivity contribution in [1.82, 2.24) is 15.1 Å². The number of thiazole rings is 1. The summed E-state index contributed by atoms with van der Waals surface area (Å²) in [4.78, 5) is 19.1. The second kappa shape index (κ2) is 4.70. The van der Waals surface area contributed by atoms with E-state index in [1.165, 1.54) is 29.5 Å². The van der Waals surface area contributed by atoms with E-state index in [0.29, 0.717) is 17.1 Å². The molecule has 2 aromatic heterocycles. The second-order valence-electron chi connectivity index (χ2n) is 3.82. The van der Waals surface area contributed by atoms with Crippen molar-refractivity contribution >= 4 is 22.7 Å². The smallest absolute Gasteiger partial charge is 0.270 e. The fourth-order valence-electron chi connectivity index (χ4n) is 1.60. The molecule has 0 atom stereocenters. The normalized spacial score (nSPS) is 10.6. The van der Waals surface area contributed by atoms with Crippen LogP contribution in [0.5, 0.6) is 0 Å². The van der Waals surface area contributed by atoms with Gasteiger partial charge in [0.15, 0.2) is 0 Å². The lowest BCUT2D eigenvalue weighted by molar-refractivity contribution is -0.384. The van der Waals surface area contributed by atoms with E-state index in [-0.39, 0.29) is 11.6 Å². The van der Waals surface area contributed by atoms with Crippen LogP contribution < -0.4 is 5.73 Å². The van der Waals surface area contributed by atoms with Gasteiger partial charge >= 0.3 is 0 Å². The van der Waals surface area contributed by atoms with Crippen LogP contribution in [0.4, 0.5) is 11.4 Å². The summed E-state index contributed by atoms with van der Waals surface area (Å²) in [6.07, 6.45) is 1.61. The molecule has 0 aliphatic rings. The molecule has 0 spiro atoms. The summed E-state index contributed by atoms with van der Waals surface area (Å²) in [5, 5.41) is 14.6. The Morgan fingerprint density at radius 3 is 2.95 bits per heavy atom. The lowest BCUT2D eigenvalue weighted by atomic mass is 10.1. The summed E-state index contributed by atoms with van der Waals surface area (Å²) in [7, 11) is 0. The fraction of sp³-hybridized carbons (Fsp3) is 0. The average Bonchev–Trinajstić information content (AvgIpc) is 3.10. The molecule has 2 heterocycles. The largest absolute Gasteiger partial charge is 0.398 e. The number of nitro groups is 1. The van der Waals surface area contributed by atoms with Gasteiger partial charge in [0.05, 0.1) is 20.9 Å². The number of aromatic nitrogens is 3. The van der Waals surface area contributed by atoms with Crippen molar-refractivity contribution < 1.29 is 9.45 Å². The number of nitro benzene ring substituents is 1. The standard InChI is InChI=1S/C11H7N5O3S/c12-8-2-1-6(16(17)18)3-7(8)11-14-10(15-19-11)9-4-13-5-20-9/h1-5H,12H2. The monoisotopic (exact) mass is 289 g/mol. The number of non-ortho nitro benzene ring substituents is 1. The lowest BCUT2D eigenvalue weighted by Gasteiger charge is -1.99. The molecule has 0 bridgehead atoms. The van der Waals surface area contributed by atoms with Gasteiger partial charge in [-0.3, -0.25) is 15.1 Å². The molecular formula is C11H7N5O3S. The summed E-state index contributed by atoms with van der Waals surface area (Å²) >= 11 is 1.36. The zero-order valence-electron chi connectivity index (χ0n) is 9.89. The number of nitrogens with zero attached hydrogens (tertiary/aromatic N) is 4. The quantitative estimate of drug-likeness (QED) is 0.446. The maximum absolute atomic E-state index is 10.8. The van der Waals surface area contributed by atoms with Gasteiger partial charge in [-0.1, -0.05) is 5.16 Å². The number of nitrogens with two attached hydrogens (primary N) is 1. The Balaban J connectivity index is 2.05. The minimum Gasteiger partial charge on any atom is -0.398 e. The Morgan fingerprint density at radius 2 is 2.25 bits per heavy atom. The molecule has 0 aliphatic carbocycles. The zero-order chi connectivity index (χ0) is 14.1. The van der Waals surface area contributed by atoms with Gasteiger partial charge in [-0.05, 0) is 6.07 Å². The van der Waals surface area contributed by atoms with Crippen molar-refractivity contribution in [3.05, 3.63) is 40.0 Å². The van der Waals surface area contributed by atoms with Gasteiger partial charge in [-0.15, -0.1) is 11.3 Å². The SMILES string of the molecule is Nc1ccc([N+](=O)[O-])cc1-c1nc(-c2cncs2)no1. The Kier molecular flexibility index (Phi) is 2.88. The predicted octanol–water partition coefficient (Wildman–Crippen LogP) is 2.35. The van der Waals surface area contributed by atoms with Gasteiger partial charge in [0.25, 0.3) is 11.6 Å². The Bertz CT molecular complexity index is 768. The van der Waals surface area contributed by atoms with E-state index in [2.05, 4.69) is 15.1 Å². The van der Waals surface area contributed by atoms with Crippen LogP contribution in [0.2, 0.25) is 0 Å². The number of hydrogen-bond acceptors (Lipinski definition) is 8. The predicted molar refractivity (Wildman–Crippen MR) is 71.9 cm³/mol. The molecule has 100 valence electrons. The van der Waals surface area contributed by atoms with Crippen LogP contribution in [0.25, 0.3) is 22.2 Å². The van der Waals surface area contributed by atoms with Gasteiger partial charge in [0.2, 0.25) is 5.82 Å². The molecule has 0 unspecified atom stereocenters. The molecule has 0 amide bonds. The van der Waals surface area contributed by atoms with E-state index < -0.39 is 4.92 Å². The molecule has 1 aromatic carbocycles. The first kappa shape index (κ1) is 12.2. The molecule has 0 saturated heterocycles. The minimum atomic E-state index is -0.511. The maximum Gasteiger partial charge on any atom is 0.270 e. The number of rotatable bonds is 3. The van der Waals surface area contributed by atoms with Crippen molar-refractivity contribution in [1.29, 1.82) is 0 Å². The second-order valence-corrected chi connectivity index (χ2v) is 4.70. The van der Waals surface area contributed by atoms with Gasteiger partial charge < -0.3 is 10.3 Å². The van der Waals surface area contributed by atoms with Crippen LogP contribution in [0.15, 0.2) is 34.4 Å². The first-order valence-electron chi connectivity index (χ1n) is 5.42. The first-order chi connectivity index (χ1) is 9.65. The van der Waals surface area contributed by atoms with Gasteiger partial charge in [0, 0.05) is 24.0 Å². The van der Waals surface area contributed by atoms with Crippen LogP contribution >= 0.6 is 11.3 Å². The van der Waals surface area contributed by atoms with Crippen molar-refractivity contribution in [2.45, 2.75) is 0 Å². The highest BCUT2D eigenvalue weighted by molar-refractivity contribution is 7.13. The summed E-state index contributed by atoms with van der Waals surface area (Å²) in [5.41, 5.74) is 8.01. The number of hydrogen-bond donors (Lipinski definition) is 1. The van der Waals surface area contributed by atoms with Crippen LogP contribution in [0, 0.1) is 10.1 Å². The highest BCUT2D eigenvalue weighted by Crippen LogP contribution is 2.30. The molecule has 9 heteroatoms. The third-order valence-electron chi connectivity index (χ3n) is 2.56. The van der Waals surface area contributed by atoms with Crippen molar-refractivity contribution in [3.63, 3.8) is 0 Å². The molecule has 0 radical (unpaired) electrons. The van der Waals surface area contributed by atoms with Crippen LogP contribution in [-0.2, 0) is 0 Å². The molecule has 8 nitrogen and oxygen atoms in total.